The van der Waals surface area contributed by atoms with Crippen LogP contribution in [0.5, 0.6) is 0 Å². The van der Waals surface area contributed by atoms with Gasteiger partial charge in [-0.1, -0.05) is 13.8 Å². The Labute approximate surface area is 121 Å². The van der Waals surface area contributed by atoms with E-state index < -0.39 is 0 Å². The lowest BCUT2D eigenvalue weighted by Gasteiger charge is -2.32. The Kier molecular flexibility index (Phi) is 8.76. The fourth-order valence-corrected chi connectivity index (χ4v) is 2.24. The fraction of sp³-hybridized carbons (Fsp3) is 0.846. The highest BCUT2D eigenvalue weighted by molar-refractivity contribution is 5.85. The van der Waals surface area contributed by atoms with Crippen molar-refractivity contribution in [3.63, 3.8) is 0 Å². The molecule has 0 bridgehead atoms. The normalized spacial score (nSPS) is 18.9. The Morgan fingerprint density at radius 1 is 1.42 bits per heavy atom. The number of nitrogens with one attached hydrogen (secondary N) is 1. The predicted octanol–water partition coefficient (Wildman–Crippen LogP) is 0.768. The molecule has 1 aliphatic heterocycles. The Balaban J connectivity index is 0.00000324. The average molecular weight is 292 g/mol. The van der Waals surface area contributed by atoms with Crippen molar-refractivity contribution in [1.82, 2.24) is 10.2 Å². The molecule has 1 saturated heterocycles. The van der Waals surface area contributed by atoms with E-state index in [1.807, 2.05) is 18.7 Å². The molecule has 0 aromatic heterocycles. The third-order valence-electron chi connectivity index (χ3n) is 3.17. The number of likely N-dealkylation sites (tertiary alicyclic amines) is 1. The number of hydrogen-bond acceptors (Lipinski definition) is 3. The molecule has 0 aromatic carbocycles. The summed E-state index contributed by atoms with van der Waals surface area (Å²) in [6.45, 7) is 6.37. The van der Waals surface area contributed by atoms with Crippen LogP contribution in [-0.2, 0) is 9.59 Å². The molecule has 6 heteroatoms. The zero-order valence-corrected chi connectivity index (χ0v) is 12.7. The van der Waals surface area contributed by atoms with Crippen molar-refractivity contribution in [3.8, 4) is 0 Å². The first kappa shape index (κ1) is 18.2. The lowest BCUT2D eigenvalue weighted by atomic mass is 9.96. The maximum absolute atomic E-state index is 12.0. The van der Waals surface area contributed by atoms with Crippen LogP contribution in [0.2, 0.25) is 0 Å². The summed E-state index contributed by atoms with van der Waals surface area (Å²) in [7, 11) is 0. The maximum atomic E-state index is 12.0. The van der Waals surface area contributed by atoms with Crippen LogP contribution in [0.25, 0.3) is 0 Å². The van der Waals surface area contributed by atoms with Crippen molar-refractivity contribution in [2.45, 2.75) is 33.1 Å². The highest BCUT2D eigenvalue weighted by Gasteiger charge is 2.28. The highest BCUT2D eigenvalue weighted by Crippen LogP contribution is 2.18. The zero-order chi connectivity index (χ0) is 13.5. The van der Waals surface area contributed by atoms with Crippen LogP contribution in [-0.4, -0.2) is 42.9 Å². The third kappa shape index (κ3) is 6.25. The van der Waals surface area contributed by atoms with Crippen LogP contribution in [0.4, 0.5) is 0 Å². The fourth-order valence-electron chi connectivity index (χ4n) is 2.24. The van der Waals surface area contributed by atoms with Gasteiger partial charge in [-0.25, -0.2) is 0 Å². The van der Waals surface area contributed by atoms with Crippen LogP contribution >= 0.6 is 12.4 Å². The number of nitrogens with two attached hydrogens (primary N) is 1. The Morgan fingerprint density at radius 2 is 2.11 bits per heavy atom. The molecule has 1 fully saturated rings. The minimum absolute atomic E-state index is 0. The van der Waals surface area contributed by atoms with E-state index >= 15 is 0 Å². The summed E-state index contributed by atoms with van der Waals surface area (Å²) >= 11 is 0. The Hall–Kier alpha value is -0.810. The number of amides is 2. The van der Waals surface area contributed by atoms with Gasteiger partial charge in [0.1, 0.15) is 0 Å². The lowest BCUT2D eigenvalue weighted by molar-refractivity contribution is -0.136. The molecule has 1 atom stereocenters. The first-order valence-corrected chi connectivity index (χ1v) is 6.80. The van der Waals surface area contributed by atoms with E-state index in [-0.39, 0.29) is 30.1 Å². The van der Waals surface area contributed by atoms with Gasteiger partial charge in [-0.2, -0.15) is 0 Å². The van der Waals surface area contributed by atoms with E-state index in [1.165, 1.54) is 0 Å². The molecule has 1 aliphatic rings. The van der Waals surface area contributed by atoms with E-state index in [0.29, 0.717) is 32.0 Å². The molecule has 1 unspecified atom stereocenters. The van der Waals surface area contributed by atoms with Crippen molar-refractivity contribution < 1.29 is 9.59 Å². The van der Waals surface area contributed by atoms with Gasteiger partial charge < -0.3 is 16.0 Å². The summed E-state index contributed by atoms with van der Waals surface area (Å²) in [5, 5.41) is 2.80. The van der Waals surface area contributed by atoms with Crippen LogP contribution in [0.1, 0.15) is 33.1 Å². The summed E-state index contributed by atoms with van der Waals surface area (Å²) in [5.41, 5.74) is 5.36. The molecule has 19 heavy (non-hydrogen) atoms. The Bertz CT molecular complexity index is 298. The number of rotatable bonds is 5. The largest absolute Gasteiger partial charge is 0.355 e. The summed E-state index contributed by atoms with van der Waals surface area (Å²) in [6.07, 6.45) is 2.34. The SMILES string of the molecule is CC(C)CC(=O)N1CCCC(C(=O)NCCN)C1.Cl. The molecule has 1 rings (SSSR count). The summed E-state index contributed by atoms with van der Waals surface area (Å²) in [5.74, 6) is 0.495. The second-order valence-electron chi connectivity index (χ2n) is 5.36. The quantitative estimate of drug-likeness (QED) is 0.785. The van der Waals surface area contributed by atoms with Gasteiger partial charge in [-0.05, 0) is 18.8 Å². The summed E-state index contributed by atoms with van der Waals surface area (Å²) < 4.78 is 0. The van der Waals surface area contributed by atoms with Crippen molar-refractivity contribution in [2.24, 2.45) is 17.6 Å². The van der Waals surface area contributed by atoms with Gasteiger partial charge >= 0.3 is 0 Å². The molecule has 3 N–H and O–H groups in total. The monoisotopic (exact) mass is 291 g/mol. The van der Waals surface area contributed by atoms with E-state index in [4.69, 9.17) is 5.73 Å². The van der Waals surface area contributed by atoms with Crippen molar-refractivity contribution in [3.05, 3.63) is 0 Å². The number of nitrogens with zero attached hydrogens (tertiary/aromatic N) is 1. The molecule has 1 heterocycles. The van der Waals surface area contributed by atoms with Crippen molar-refractivity contribution in [1.29, 1.82) is 0 Å². The van der Waals surface area contributed by atoms with Gasteiger partial charge in [0, 0.05) is 32.6 Å². The molecule has 112 valence electrons. The van der Waals surface area contributed by atoms with Gasteiger partial charge in [-0.3, -0.25) is 9.59 Å². The van der Waals surface area contributed by atoms with E-state index in [9.17, 15) is 9.59 Å². The molecule has 0 saturated carbocycles. The summed E-state index contributed by atoms with van der Waals surface area (Å²) in [6, 6.07) is 0. The second-order valence-corrected chi connectivity index (χ2v) is 5.36. The highest BCUT2D eigenvalue weighted by atomic mass is 35.5. The number of hydrogen-bond donors (Lipinski definition) is 2. The van der Waals surface area contributed by atoms with Crippen LogP contribution < -0.4 is 11.1 Å². The van der Waals surface area contributed by atoms with Gasteiger partial charge in [0.2, 0.25) is 11.8 Å². The number of halogens is 1. The first-order chi connectivity index (χ1) is 8.54. The molecular formula is C13H26ClN3O2. The zero-order valence-electron chi connectivity index (χ0n) is 11.9. The molecule has 5 nitrogen and oxygen atoms in total. The van der Waals surface area contributed by atoms with Crippen LogP contribution in [0.3, 0.4) is 0 Å². The molecule has 0 spiro atoms. The van der Waals surface area contributed by atoms with Gasteiger partial charge in [0.25, 0.3) is 0 Å². The molecule has 2 amide bonds. The molecule has 0 aromatic rings. The molecule has 0 aliphatic carbocycles. The number of piperidine rings is 1. The van der Waals surface area contributed by atoms with Gasteiger partial charge in [-0.15, -0.1) is 12.4 Å². The number of carbonyl (C=O) groups is 2. The van der Waals surface area contributed by atoms with Crippen molar-refractivity contribution in [2.75, 3.05) is 26.2 Å². The number of carbonyl (C=O) groups excluding carboxylic acids is 2. The third-order valence-corrected chi connectivity index (χ3v) is 3.17. The van der Waals surface area contributed by atoms with Crippen LogP contribution in [0.15, 0.2) is 0 Å². The second kappa shape index (κ2) is 9.15. The lowest BCUT2D eigenvalue weighted by Crippen LogP contribution is -2.46. The summed E-state index contributed by atoms with van der Waals surface area (Å²) in [4.78, 5) is 25.6. The van der Waals surface area contributed by atoms with Crippen molar-refractivity contribution >= 4 is 24.2 Å². The average Bonchev–Trinajstić information content (AvgIpc) is 2.35. The smallest absolute Gasteiger partial charge is 0.224 e. The van der Waals surface area contributed by atoms with E-state index in [2.05, 4.69) is 5.32 Å². The Morgan fingerprint density at radius 3 is 2.68 bits per heavy atom. The minimum atomic E-state index is -0.0681. The minimum Gasteiger partial charge on any atom is -0.355 e. The topological polar surface area (TPSA) is 75.4 Å². The van der Waals surface area contributed by atoms with E-state index in [1.54, 1.807) is 0 Å². The van der Waals surface area contributed by atoms with Gasteiger partial charge in [0.05, 0.1) is 5.92 Å². The standard InChI is InChI=1S/C13H25N3O2.ClH/c1-10(2)8-12(17)16-7-3-4-11(9-16)13(18)15-6-5-14;/h10-11H,3-9,14H2,1-2H3,(H,15,18);1H. The first-order valence-electron chi connectivity index (χ1n) is 6.80. The predicted molar refractivity (Wildman–Crippen MR) is 78.1 cm³/mol. The van der Waals surface area contributed by atoms with Gasteiger partial charge in [0.15, 0.2) is 0 Å². The molecular weight excluding hydrogens is 266 g/mol. The molecule has 0 radical (unpaired) electrons. The van der Waals surface area contributed by atoms with E-state index in [0.717, 1.165) is 19.4 Å². The maximum Gasteiger partial charge on any atom is 0.224 e. The van der Waals surface area contributed by atoms with Crippen LogP contribution in [0, 0.1) is 11.8 Å².